The average Bonchev–Trinajstić information content (AvgIpc) is 2.89. The Morgan fingerprint density at radius 3 is 2.42 bits per heavy atom. The number of hydrogen-bond donors (Lipinski definition) is 2. The van der Waals surface area contributed by atoms with Gasteiger partial charge in [-0.15, -0.1) is 0 Å². The molecule has 2 N–H and O–H groups in total. The zero-order valence-corrected chi connectivity index (χ0v) is 22.0. The van der Waals surface area contributed by atoms with Gasteiger partial charge in [0.25, 0.3) is 0 Å². The highest BCUT2D eigenvalue weighted by Gasteiger charge is 2.28. The lowest BCUT2D eigenvalue weighted by Crippen LogP contribution is -2.44. The van der Waals surface area contributed by atoms with Gasteiger partial charge in [0.15, 0.2) is 17.8 Å². The van der Waals surface area contributed by atoms with E-state index in [1.807, 2.05) is 18.3 Å². The first kappa shape index (κ1) is 28.9. The van der Waals surface area contributed by atoms with Crippen LogP contribution < -0.4 is 10.6 Å². The Labute approximate surface area is 222 Å². The molecule has 38 heavy (non-hydrogen) atoms. The number of halogens is 2. The third kappa shape index (κ3) is 8.73. The van der Waals surface area contributed by atoms with Crippen LogP contribution in [0.3, 0.4) is 0 Å². The number of benzene rings is 2. The number of likely N-dealkylation sites (tertiary alicyclic amines) is 1. The highest BCUT2D eigenvalue weighted by Crippen LogP contribution is 2.28. The first-order valence-corrected chi connectivity index (χ1v) is 13.0. The number of nitrogens with zero attached hydrogens (tertiary/aromatic N) is 3. The number of guanidine groups is 1. The van der Waals surface area contributed by atoms with Crippen LogP contribution in [-0.2, 0) is 6.42 Å². The van der Waals surface area contributed by atoms with Crippen molar-refractivity contribution >= 4 is 23.2 Å². The molecule has 1 fully saturated rings. The molecule has 2 aromatic carbocycles. The van der Waals surface area contributed by atoms with Crippen LogP contribution in [-0.4, -0.2) is 54.8 Å². The van der Waals surface area contributed by atoms with Crippen molar-refractivity contribution in [3.05, 3.63) is 65.0 Å². The van der Waals surface area contributed by atoms with Crippen molar-refractivity contribution in [1.29, 1.82) is 5.26 Å². The van der Waals surface area contributed by atoms with E-state index in [2.05, 4.69) is 20.5 Å². The summed E-state index contributed by atoms with van der Waals surface area (Å²) >= 11 is 0. The molecule has 7 nitrogen and oxygen atoms in total. The summed E-state index contributed by atoms with van der Waals surface area (Å²) in [7, 11) is 0. The fourth-order valence-electron chi connectivity index (χ4n) is 4.95. The summed E-state index contributed by atoms with van der Waals surface area (Å²) in [6.07, 6.45) is 6.22. The topological polar surface area (TPSA) is 97.6 Å². The van der Waals surface area contributed by atoms with Gasteiger partial charge >= 0.3 is 0 Å². The third-order valence-corrected chi connectivity index (χ3v) is 6.90. The molecule has 2 aromatic rings. The molecule has 1 heterocycles. The van der Waals surface area contributed by atoms with Crippen LogP contribution >= 0.6 is 0 Å². The molecule has 202 valence electrons. The van der Waals surface area contributed by atoms with E-state index in [0.717, 1.165) is 44.2 Å². The van der Waals surface area contributed by atoms with Crippen molar-refractivity contribution in [2.45, 2.75) is 52.0 Å². The van der Waals surface area contributed by atoms with Gasteiger partial charge < -0.3 is 5.32 Å². The standard InChI is InChI=1S/C29H35F2N5O2/c1-20(37)24-16-25(21(2)38)18-27(17-24)35-29(34-19-32)33-11-3-4-28-15-23(9-12-36(28)13-10-30)14-22-5-7-26(31)8-6-22/h5-8,16-18,23,28H,3-4,9-15H2,1-2H3,(H2,33,34,35)/t23-,28-/m0/s1. The van der Waals surface area contributed by atoms with Crippen LogP contribution in [0.15, 0.2) is 47.5 Å². The van der Waals surface area contributed by atoms with Gasteiger partial charge in [0, 0.05) is 35.9 Å². The molecule has 0 aliphatic carbocycles. The summed E-state index contributed by atoms with van der Waals surface area (Å²) in [5.41, 5.74) is 2.36. The molecule has 0 spiro atoms. The van der Waals surface area contributed by atoms with E-state index in [1.165, 1.54) is 26.0 Å². The maximum absolute atomic E-state index is 13.3. The molecule has 0 amide bonds. The Morgan fingerprint density at radius 1 is 1.13 bits per heavy atom. The summed E-state index contributed by atoms with van der Waals surface area (Å²) < 4.78 is 26.4. The number of aliphatic imine (C=N–C) groups is 1. The smallest absolute Gasteiger partial charge is 0.209 e. The highest BCUT2D eigenvalue weighted by molar-refractivity contribution is 6.03. The zero-order valence-electron chi connectivity index (χ0n) is 22.0. The van der Waals surface area contributed by atoms with Crippen LogP contribution in [0, 0.1) is 23.2 Å². The fraction of sp³-hybridized carbons (Fsp3) is 0.448. The van der Waals surface area contributed by atoms with Crippen LogP contribution in [0.1, 0.15) is 65.8 Å². The molecule has 2 atom stereocenters. The molecule has 0 aromatic heterocycles. The Hall–Kier alpha value is -3.64. The van der Waals surface area contributed by atoms with E-state index in [4.69, 9.17) is 5.26 Å². The predicted octanol–water partition coefficient (Wildman–Crippen LogP) is 5.14. The van der Waals surface area contributed by atoms with Crippen LogP contribution in [0.2, 0.25) is 0 Å². The number of alkyl halides is 1. The van der Waals surface area contributed by atoms with E-state index in [-0.39, 0.29) is 36.1 Å². The quantitative estimate of drug-likeness (QED) is 0.106. The number of carbonyl (C=O) groups excluding carboxylic acids is 2. The van der Waals surface area contributed by atoms with E-state index >= 15 is 0 Å². The lowest BCUT2D eigenvalue weighted by atomic mass is 9.84. The van der Waals surface area contributed by atoms with Crippen molar-refractivity contribution in [2.75, 3.05) is 31.6 Å². The summed E-state index contributed by atoms with van der Waals surface area (Å²) in [6, 6.07) is 11.6. The van der Waals surface area contributed by atoms with Crippen LogP contribution in [0.25, 0.3) is 0 Å². The minimum atomic E-state index is -0.390. The molecular formula is C29H35F2N5O2. The summed E-state index contributed by atoms with van der Waals surface area (Å²) in [4.78, 5) is 30.4. The zero-order chi connectivity index (χ0) is 27.5. The van der Waals surface area contributed by atoms with Crippen molar-refractivity contribution in [3.63, 3.8) is 0 Å². The van der Waals surface area contributed by atoms with Crippen molar-refractivity contribution in [1.82, 2.24) is 10.2 Å². The number of Topliss-reactive ketones (excluding diaryl/α,β-unsaturated/α-hetero) is 2. The lowest BCUT2D eigenvalue weighted by Gasteiger charge is -2.39. The molecule has 0 saturated carbocycles. The van der Waals surface area contributed by atoms with Gasteiger partial charge in [-0.05, 0) is 94.3 Å². The average molecular weight is 524 g/mol. The predicted molar refractivity (Wildman–Crippen MR) is 145 cm³/mol. The van der Waals surface area contributed by atoms with Gasteiger partial charge in [0.05, 0.1) is 0 Å². The maximum Gasteiger partial charge on any atom is 0.209 e. The number of carbonyl (C=O) groups is 2. The van der Waals surface area contributed by atoms with E-state index in [1.54, 1.807) is 18.2 Å². The number of rotatable bonds is 11. The first-order valence-electron chi connectivity index (χ1n) is 13.0. The summed E-state index contributed by atoms with van der Waals surface area (Å²) in [5, 5.41) is 14.7. The fourth-order valence-corrected chi connectivity index (χ4v) is 4.95. The van der Waals surface area contributed by atoms with Crippen LogP contribution in [0.5, 0.6) is 0 Å². The highest BCUT2D eigenvalue weighted by atomic mass is 19.1. The Morgan fingerprint density at radius 2 is 1.82 bits per heavy atom. The van der Waals surface area contributed by atoms with Gasteiger partial charge in [-0.25, -0.2) is 8.78 Å². The molecule has 1 saturated heterocycles. The molecule has 1 aliphatic heterocycles. The Kier molecular flexibility index (Phi) is 10.9. The monoisotopic (exact) mass is 523 g/mol. The number of anilines is 1. The van der Waals surface area contributed by atoms with Gasteiger partial charge in [-0.1, -0.05) is 12.1 Å². The van der Waals surface area contributed by atoms with Crippen LogP contribution in [0.4, 0.5) is 14.5 Å². The second kappa shape index (κ2) is 14.3. The minimum Gasteiger partial charge on any atom is -0.325 e. The largest absolute Gasteiger partial charge is 0.325 e. The van der Waals surface area contributed by atoms with E-state index < -0.39 is 0 Å². The van der Waals surface area contributed by atoms with Crippen molar-refractivity contribution in [3.8, 4) is 6.19 Å². The SMILES string of the molecule is CC(=O)c1cc(NC(=NCCC[C@H]2C[C@H](Cc3ccc(F)cc3)CCN2CCF)NC#N)cc(C(C)=O)c1. The van der Waals surface area contributed by atoms with Gasteiger partial charge in [-0.2, -0.15) is 5.26 Å². The lowest BCUT2D eigenvalue weighted by molar-refractivity contribution is 0.0969. The Bertz CT molecular complexity index is 1140. The molecule has 3 rings (SSSR count). The molecule has 0 unspecified atom stereocenters. The number of nitrogens with one attached hydrogen (secondary N) is 2. The normalized spacial score (nSPS) is 18.0. The minimum absolute atomic E-state index is 0.175. The first-order chi connectivity index (χ1) is 18.3. The van der Waals surface area contributed by atoms with E-state index in [0.29, 0.717) is 35.8 Å². The summed E-state index contributed by atoms with van der Waals surface area (Å²) in [6.45, 7) is 4.13. The van der Waals surface area contributed by atoms with Crippen molar-refractivity contribution < 1.29 is 18.4 Å². The molecule has 0 bridgehead atoms. The molecule has 0 radical (unpaired) electrons. The number of nitriles is 1. The van der Waals surface area contributed by atoms with Gasteiger partial charge in [0.2, 0.25) is 5.96 Å². The summed E-state index contributed by atoms with van der Waals surface area (Å²) in [5.74, 6) is 0.0832. The number of hydrogen-bond acceptors (Lipinski definition) is 5. The van der Waals surface area contributed by atoms with E-state index in [9.17, 15) is 18.4 Å². The molecular weight excluding hydrogens is 488 g/mol. The number of piperidine rings is 1. The second-order valence-electron chi connectivity index (χ2n) is 9.75. The van der Waals surface area contributed by atoms with Crippen molar-refractivity contribution in [2.24, 2.45) is 10.9 Å². The maximum atomic E-state index is 13.3. The third-order valence-electron chi connectivity index (χ3n) is 6.90. The van der Waals surface area contributed by atoms with Gasteiger partial charge in [-0.3, -0.25) is 24.8 Å². The molecule has 9 heteroatoms. The van der Waals surface area contributed by atoms with Gasteiger partial charge in [0.1, 0.15) is 12.5 Å². The number of ketones is 2. The molecule has 1 aliphatic rings. The Balaban J connectivity index is 1.62. The second-order valence-corrected chi connectivity index (χ2v) is 9.75.